The van der Waals surface area contributed by atoms with E-state index in [9.17, 15) is 8.42 Å². The Hall–Kier alpha value is -1.07. The van der Waals surface area contributed by atoms with E-state index in [4.69, 9.17) is 0 Å². The number of nitrogens with one attached hydrogen (secondary N) is 1. The summed E-state index contributed by atoms with van der Waals surface area (Å²) in [4.78, 5) is 2.22. The van der Waals surface area contributed by atoms with Crippen LogP contribution in [0.25, 0.3) is 0 Å². The zero-order valence-corrected chi connectivity index (χ0v) is 10.9. The predicted octanol–water partition coefficient (Wildman–Crippen LogP) is 1.44. The van der Waals surface area contributed by atoms with Crippen molar-refractivity contribution in [3.63, 3.8) is 0 Å². The van der Waals surface area contributed by atoms with Gasteiger partial charge in [0.25, 0.3) is 0 Å². The number of sulfonamides is 1. The lowest BCUT2D eigenvalue weighted by molar-refractivity contribution is 0.570. The Bertz CT molecular complexity index is 436. The van der Waals surface area contributed by atoms with Crippen LogP contribution in [0.4, 0.5) is 5.69 Å². The normalized spacial score (nSPS) is 11.8. The van der Waals surface area contributed by atoms with Gasteiger partial charge < -0.3 is 4.90 Å². The van der Waals surface area contributed by atoms with Gasteiger partial charge in [-0.25, -0.2) is 13.1 Å². The Labute approximate surface area is 97.3 Å². The van der Waals surface area contributed by atoms with E-state index in [1.807, 2.05) is 19.0 Å². The first-order valence-electron chi connectivity index (χ1n) is 5.12. The highest BCUT2D eigenvalue weighted by molar-refractivity contribution is 7.89. The summed E-state index contributed by atoms with van der Waals surface area (Å²) < 4.78 is 26.1. The van der Waals surface area contributed by atoms with E-state index in [1.54, 1.807) is 38.1 Å². The van der Waals surface area contributed by atoms with Crippen LogP contribution in [0.5, 0.6) is 0 Å². The molecule has 5 heteroatoms. The van der Waals surface area contributed by atoms with E-state index >= 15 is 0 Å². The third-order valence-corrected chi connectivity index (χ3v) is 3.73. The Kier molecular flexibility index (Phi) is 3.93. The number of rotatable bonds is 4. The van der Waals surface area contributed by atoms with Crippen LogP contribution >= 0.6 is 0 Å². The number of hydrogen-bond acceptors (Lipinski definition) is 3. The molecule has 16 heavy (non-hydrogen) atoms. The molecule has 0 fully saturated rings. The van der Waals surface area contributed by atoms with E-state index in [2.05, 4.69) is 4.72 Å². The molecular formula is C11H18N2O2S. The molecule has 0 heterocycles. The van der Waals surface area contributed by atoms with Crippen molar-refractivity contribution < 1.29 is 8.42 Å². The monoisotopic (exact) mass is 242 g/mol. The molecule has 0 aliphatic heterocycles. The predicted molar refractivity (Wildman–Crippen MR) is 66.2 cm³/mol. The van der Waals surface area contributed by atoms with Crippen LogP contribution in [-0.4, -0.2) is 28.6 Å². The van der Waals surface area contributed by atoms with Crippen LogP contribution in [0.15, 0.2) is 29.2 Å². The second-order valence-corrected chi connectivity index (χ2v) is 5.88. The summed E-state index contributed by atoms with van der Waals surface area (Å²) in [7, 11) is 0.455. The standard InChI is InChI=1S/C11H18N2O2S/c1-9(2)12-16(14,15)11-7-5-10(6-8-11)13(3)4/h5-9,12H,1-4H3. The van der Waals surface area contributed by atoms with Crippen molar-refractivity contribution in [1.82, 2.24) is 4.72 Å². The van der Waals surface area contributed by atoms with Gasteiger partial charge in [-0.05, 0) is 38.1 Å². The zero-order valence-electron chi connectivity index (χ0n) is 10.1. The summed E-state index contributed by atoms with van der Waals surface area (Å²) >= 11 is 0. The molecule has 1 aromatic rings. The highest BCUT2D eigenvalue weighted by Gasteiger charge is 2.14. The maximum absolute atomic E-state index is 11.8. The van der Waals surface area contributed by atoms with Gasteiger partial charge in [0, 0.05) is 25.8 Å². The minimum Gasteiger partial charge on any atom is -0.378 e. The van der Waals surface area contributed by atoms with Crippen molar-refractivity contribution in [2.45, 2.75) is 24.8 Å². The molecule has 4 nitrogen and oxygen atoms in total. The summed E-state index contributed by atoms with van der Waals surface area (Å²) in [6.45, 7) is 3.59. The Morgan fingerprint density at radius 3 is 2.00 bits per heavy atom. The highest BCUT2D eigenvalue weighted by atomic mass is 32.2. The fourth-order valence-electron chi connectivity index (χ4n) is 1.30. The molecule has 0 aromatic heterocycles. The van der Waals surface area contributed by atoms with Crippen molar-refractivity contribution in [1.29, 1.82) is 0 Å². The first kappa shape index (κ1) is 13.0. The third-order valence-electron chi connectivity index (χ3n) is 2.05. The Balaban J connectivity index is 2.98. The van der Waals surface area contributed by atoms with E-state index in [-0.39, 0.29) is 6.04 Å². The summed E-state index contributed by atoms with van der Waals surface area (Å²) in [6, 6.07) is 6.70. The van der Waals surface area contributed by atoms with Gasteiger partial charge in [0.15, 0.2) is 0 Å². The lowest BCUT2D eigenvalue weighted by Crippen LogP contribution is -2.30. The molecule has 1 aromatic carbocycles. The zero-order chi connectivity index (χ0) is 12.3. The molecule has 0 bridgehead atoms. The van der Waals surface area contributed by atoms with Crippen molar-refractivity contribution in [2.24, 2.45) is 0 Å². The number of nitrogens with zero attached hydrogens (tertiary/aromatic N) is 1. The molecule has 0 saturated carbocycles. The van der Waals surface area contributed by atoms with E-state index in [0.717, 1.165) is 5.69 Å². The van der Waals surface area contributed by atoms with Crippen molar-refractivity contribution in [3.8, 4) is 0 Å². The van der Waals surface area contributed by atoms with E-state index < -0.39 is 10.0 Å². The molecular weight excluding hydrogens is 224 g/mol. The van der Waals surface area contributed by atoms with E-state index in [1.165, 1.54) is 0 Å². The second kappa shape index (κ2) is 4.84. The van der Waals surface area contributed by atoms with Crippen LogP contribution in [0.2, 0.25) is 0 Å². The highest BCUT2D eigenvalue weighted by Crippen LogP contribution is 2.15. The molecule has 0 atom stereocenters. The van der Waals surface area contributed by atoms with Gasteiger partial charge >= 0.3 is 0 Å². The fraction of sp³-hybridized carbons (Fsp3) is 0.455. The number of anilines is 1. The van der Waals surface area contributed by atoms with Gasteiger partial charge in [0.2, 0.25) is 10.0 Å². The summed E-state index contributed by atoms with van der Waals surface area (Å²) in [6.07, 6.45) is 0. The summed E-state index contributed by atoms with van der Waals surface area (Å²) in [5.74, 6) is 0. The van der Waals surface area contributed by atoms with Gasteiger partial charge in [0.05, 0.1) is 4.90 Å². The molecule has 1 N–H and O–H groups in total. The van der Waals surface area contributed by atoms with Crippen LogP contribution < -0.4 is 9.62 Å². The van der Waals surface area contributed by atoms with Gasteiger partial charge in [-0.3, -0.25) is 0 Å². The molecule has 0 radical (unpaired) electrons. The Morgan fingerprint density at radius 2 is 1.62 bits per heavy atom. The van der Waals surface area contributed by atoms with Gasteiger partial charge in [-0.2, -0.15) is 0 Å². The minimum absolute atomic E-state index is 0.0986. The maximum atomic E-state index is 11.8. The first-order valence-corrected chi connectivity index (χ1v) is 6.61. The smallest absolute Gasteiger partial charge is 0.240 e. The maximum Gasteiger partial charge on any atom is 0.240 e. The largest absolute Gasteiger partial charge is 0.378 e. The van der Waals surface area contributed by atoms with Crippen molar-refractivity contribution in [2.75, 3.05) is 19.0 Å². The lowest BCUT2D eigenvalue weighted by atomic mass is 10.3. The number of hydrogen-bond donors (Lipinski definition) is 1. The van der Waals surface area contributed by atoms with Gasteiger partial charge in [-0.15, -0.1) is 0 Å². The molecule has 1 rings (SSSR count). The third kappa shape index (κ3) is 3.21. The topological polar surface area (TPSA) is 49.4 Å². The Morgan fingerprint density at radius 1 is 1.12 bits per heavy atom. The van der Waals surface area contributed by atoms with Crippen LogP contribution in [0.3, 0.4) is 0 Å². The quantitative estimate of drug-likeness (QED) is 0.869. The van der Waals surface area contributed by atoms with Crippen LogP contribution in [0.1, 0.15) is 13.8 Å². The summed E-state index contributed by atoms with van der Waals surface area (Å²) in [5, 5.41) is 0. The fourth-order valence-corrected chi connectivity index (χ4v) is 2.55. The molecule has 0 amide bonds. The molecule has 0 saturated heterocycles. The first-order chi connectivity index (χ1) is 7.33. The average molecular weight is 242 g/mol. The minimum atomic E-state index is -3.37. The van der Waals surface area contributed by atoms with Crippen molar-refractivity contribution in [3.05, 3.63) is 24.3 Å². The van der Waals surface area contributed by atoms with Gasteiger partial charge in [-0.1, -0.05) is 0 Å². The summed E-state index contributed by atoms with van der Waals surface area (Å²) in [5.41, 5.74) is 0.975. The molecule has 0 unspecified atom stereocenters. The van der Waals surface area contributed by atoms with Crippen LogP contribution in [-0.2, 0) is 10.0 Å². The molecule has 0 spiro atoms. The SMILES string of the molecule is CC(C)NS(=O)(=O)c1ccc(N(C)C)cc1. The lowest BCUT2D eigenvalue weighted by Gasteiger charge is -2.13. The molecule has 90 valence electrons. The second-order valence-electron chi connectivity index (χ2n) is 4.16. The van der Waals surface area contributed by atoms with Crippen molar-refractivity contribution >= 4 is 15.7 Å². The van der Waals surface area contributed by atoms with Crippen LogP contribution in [0, 0.1) is 0 Å². The number of benzene rings is 1. The molecule has 0 aliphatic rings. The molecule has 0 aliphatic carbocycles. The van der Waals surface area contributed by atoms with E-state index in [0.29, 0.717) is 4.90 Å². The average Bonchev–Trinajstić information content (AvgIpc) is 2.16. The van der Waals surface area contributed by atoms with Gasteiger partial charge in [0.1, 0.15) is 0 Å².